The summed E-state index contributed by atoms with van der Waals surface area (Å²) in [4.78, 5) is 0. The highest BCUT2D eigenvalue weighted by Crippen LogP contribution is 2.34. The molecule has 13 heavy (non-hydrogen) atoms. The maximum atomic E-state index is 5.99. The van der Waals surface area contributed by atoms with E-state index in [-0.39, 0.29) is 5.60 Å². The summed E-state index contributed by atoms with van der Waals surface area (Å²) in [5.41, 5.74) is 0.0481. The smallest absolute Gasteiger partial charge is 0.0754 e. The van der Waals surface area contributed by atoms with Gasteiger partial charge in [0.25, 0.3) is 0 Å². The van der Waals surface area contributed by atoms with Crippen molar-refractivity contribution in [2.24, 2.45) is 5.92 Å². The second-order valence-electron chi connectivity index (χ2n) is 5.15. The van der Waals surface area contributed by atoms with Crippen LogP contribution in [0.15, 0.2) is 0 Å². The quantitative estimate of drug-likeness (QED) is 0.722. The summed E-state index contributed by atoms with van der Waals surface area (Å²) in [5.74, 6) is 1.04. The van der Waals surface area contributed by atoms with Gasteiger partial charge in [-0.2, -0.15) is 0 Å². The summed E-state index contributed by atoms with van der Waals surface area (Å²) in [7, 11) is 0. The van der Waals surface area contributed by atoms with Crippen LogP contribution in [-0.2, 0) is 4.74 Å². The summed E-state index contributed by atoms with van der Waals surface area (Å²) in [6, 6.07) is 0. The van der Waals surface area contributed by atoms with Gasteiger partial charge in [0.15, 0.2) is 0 Å². The van der Waals surface area contributed by atoms with Crippen molar-refractivity contribution in [3.8, 4) is 0 Å². The second-order valence-corrected chi connectivity index (χ2v) is 5.15. The maximum absolute atomic E-state index is 5.99. The molecule has 76 valence electrons. The predicted molar refractivity (Wildman–Crippen MR) is 53.8 cm³/mol. The Kier molecular flexibility index (Phi) is 2.61. The van der Waals surface area contributed by atoms with Crippen LogP contribution < -0.4 is 5.32 Å². The standard InChI is InChI=1S/C11H21NO/c1-11(2)8-12-7-10(13-11)6-5-9-3-4-9/h9-10,12H,3-8H2,1-2H3. The molecule has 0 amide bonds. The molecule has 0 aromatic heterocycles. The lowest BCUT2D eigenvalue weighted by atomic mass is 10.0. The molecule has 1 saturated heterocycles. The molecule has 2 rings (SSSR count). The van der Waals surface area contributed by atoms with E-state index < -0.39 is 0 Å². The number of hydrogen-bond acceptors (Lipinski definition) is 2. The van der Waals surface area contributed by atoms with Gasteiger partial charge in [-0.1, -0.05) is 12.8 Å². The van der Waals surface area contributed by atoms with Crippen LogP contribution in [0.3, 0.4) is 0 Å². The summed E-state index contributed by atoms with van der Waals surface area (Å²) in [5, 5.41) is 3.44. The monoisotopic (exact) mass is 183 g/mol. The van der Waals surface area contributed by atoms with Crippen molar-refractivity contribution >= 4 is 0 Å². The number of hydrogen-bond donors (Lipinski definition) is 1. The fraction of sp³-hybridized carbons (Fsp3) is 1.00. The van der Waals surface area contributed by atoms with Crippen molar-refractivity contribution in [1.82, 2.24) is 5.32 Å². The van der Waals surface area contributed by atoms with E-state index in [1.165, 1.54) is 25.7 Å². The van der Waals surface area contributed by atoms with Crippen molar-refractivity contribution < 1.29 is 4.74 Å². The fourth-order valence-electron chi connectivity index (χ4n) is 2.06. The molecule has 2 nitrogen and oxygen atoms in total. The van der Waals surface area contributed by atoms with E-state index in [0.717, 1.165) is 19.0 Å². The third-order valence-corrected chi connectivity index (χ3v) is 3.00. The molecule has 2 fully saturated rings. The summed E-state index contributed by atoms with van der Waals surface area (Å²) in [6.45, 7) is 6.38. The van der Waals surface area contributed by atoms with Gasteiger partial charge in [0.2, 0.25) is 0 Å². The van der Waals surface area contributed by atoms with E-state index >= 15 is 0 Å². The van der Waals surface area contributed by atoms with Gasteiger partial charge in [0.1, 0.15) is 0 Å². The first-order valence-electron chi connectivity index (χ1n) is 5.54. The van der Waals surface area contributed by atoms with Crippen LogP contribution in [-0.4, -0.2) is 24.8 Å². The molecule has 1 atom stereocenters. The Balaban J connectivity index is 1.71. The molecule has 0 aromatic rings. The Morgan fingerprint density at radius 3 is 2.69 bits per heavy atom. The van der Waals surface area contributed by atoms with Crippen molar-refractivity contribution in [3.63, 3.8) is 0 Å². The van der Waals surface area contributed by atoms with Gasteiger partial charge in [-0.05, 0) is 32.6 Å². The van der Waals surface area contributed by atoms with Crippen LogP contribution in [0.2, 0.25) is 0 Å². The van der Waals surface area contributed by atoms with E-state index in [1.807, 2.05) is 0 Å². The lowest BCUT2D eigenvalue weighted by molar-refractivity contribution is -0.0970. The molecule has 0 bridgehead atoms. The highest BCUT2D eigenvalue weighted by Gasteiger charge is 2.29. The van der Waals surface area contributed by atoms with E-state index in [9.17, 15) is 0 Å². The zero-order valence-corrected chi connectivity index (χ0v) is 8.81. The largest absolute Gasteiger partial charge is 0.370 e. The molecule has 1 unspecified atom stereocenters. The maximum Gasteiger partial charge on any atom is 0.0754 e. The van der Waals surface area contributed by atoms with Crippen molar-refractivity contribution in [3.05, 3.63) is 0 Å². The predicted octanol–water partition coefficient (Wildman–Crippen LogP) is 1.94. The molecule has 2 heteroatoms. The molecule has 0 aromatic carbocycles. The molecule has 2 aliphatic rings. The Morgan fingerprint density at radius 2 is 2.08 bits per heavy atom. The minimum Gasteiger partial charge on any atom is -0.370 e. The van der Waals surface area contributed by atoms with Gasteiger partial charge >= 0.3 is 0 Å². The third kappa shape index (κ3) is 2.96. The Morgan fingerprint density at radius 1 is 1.31 bits per heavy atom. The Bertz CT molecular complexity index is 175. The van der Waals surface area contributed by atoms with Crippen LogP contribution in [0.25, 0.3) is 0 Å². The second kappa shape index (κ2) is 3.58. The van der Waals surface area contributed by atoms with Crippen molar-refractivity contribution in [2.75, 3.05) is 13.1 Å². The fourth-order valence-corrected chi connectivity index (χ4v) is 2.06. The summed E-state index contributed by atoms with van der Waals surface area (Å²) >= 11 is 0. The lowest BCUT2D eigenvalue weighted by Gasteiger charge is -2.36. The van der Waals surface area contributed by atoms with Crippen LogP contribution in [0.4, 0.5) is 0 Å². The van der Waals surface area contributed by atoms with E-state index in [0.29, 0.717) is 6.10 Å². The van der Waals surface area contributed by atoms with Crippen molar-refractivity contribution in [1.29, 1.82) is 0 Å². The van der Waals surface area contributed by atoms with Crippen LogP contribution in [0.1, 0.15) is 39.5 Å². The van der Waals surface area contributed by atoms with Gasteiger partial charge in [0, 0.05) is 13.1 Å². The molecule has 0 radical (unpaired) electrons. The molecular weight excluding hydrogens is 162 g/mol. The highest BCUT2D eigenvalue weighted by atomic mass is 16.5. The first kappa shape index (κ1) is 9.47. The molecule has 1 aliphatic carbocycles. The molecule has 1 saturated carbocycles. The molecule has 1 heterocycles. The van der Waals surface area contributed by atoms with E-state index in [2.05, 4.69) is 19.2 Å². The SMILES string of the molecule is CC1(C)CNCC(CCC2CC2)O1. The zero-order valence-electron chi connectivity index (χ0n) is 8.81. The molecule has 1 N–H and O–H groups in total. The molecular formula is C11H21NO. The molecule has 1 aliphatic heterocycles. The van der Waals surface area contributed by atoms with Crippen LogP contribution >= 0.6 is 0 Å². The number of rotatable bonds is 3. The topological polar surface area (TPSA) is 21.3 Å². The number of morpholine rings is 1. The van der Waals surface area contributed by atoms with Crippen LogP contribution in [0.5, 0.6) is 0 Å². The van der Waals surface area contributed by atoms with E-state index in [1.54, 1.807) is 0 Å². The van der Waals surface area contributed by atoms with Gasteiger partial charge in [-0.25, -0.2) is 0 Å². The Hall–Kier alpha value is -0.0800. The average molecular weight is 183 g/mol. The normalized spacial score (nSPS) is 33.2. The first-order valence-corrected chi connectivity index (χ1v) is 5.54. The third-order valence-electron chi connectivity index (χ3n) is 3.00. The average Bonchev–Trinajstić information content (AvgIpc) is 2.82. The van der Waals surface area contributed by atoms with E-state index in [4.69, 9.17) is 4.74 Å². The number of nitrogens with one attached hydrogen (secondary N) is 1. The summed E-state index contributed by atoms with van der Waals surface area (Å²) in [6.07, 6.45) is 6.01. The zero-order chi connectivity index (χ0) is 9.31. The minimum atomic E-state index is 0.0481. The summed E-state index contributed by atoms with van der Waals surface area (Å²) < 4.78 is 5.99. The van der Waals surface area contributed by atoms with Gasteiger partial charge in [0.05, 0.1) is 11.7 Å². The molecule has 0 spiro atoms. The highest BCUT2D eigenvalue weighted by molar-refractivity contribution is 4.83. The minimum absolute atomic E-state index is 0.0481. The van der Waals surface area contributed by atoms with Gasteiger partial charge in [-0.3, -0.25) is 0 Å². The number of ether oxygens (including phenoxy) is 1. The first-order chi connectivity index (χ1) is 6.16. The van der Waals surface area contributed by atoms with Crippen LogP contribution in [0, 0.1) is 5.92 Å². The van der Waals surface area contributed by atoms with Gasteiger partial charge in [-0.15, -0.1) is 0 Å². The van der Waals surface area contributed by atoms with Crippen molar-refractivity contribution in [2.45, 2.75) is 51.2 Å². The lowest BCUT2D eigenvalue weighted by Crippen LogP contribution is -2.50. The van der Waals surface area contributed by atoms with Gasteiger partial charge < -0.3 is 10.1 Å². The Labute approximate surface area is 81.0 Å².